The smallest absolute Gasteiger partial charge is 0.153 e. The van der Waals surface area contributed by atoms with Crippen molar-refractivity contribution in [2.24, 2.45) is 0 Å². The molecule has 0 aliphatic heterocycles. The third-order valence-corrected chi connectivity index (χ3v) is 3.22. The summed E-state index contributed by atoms with van der Waals surface area (Å²) in [7, 11) is 0. The maximum atomic E-state index is 11.0. The Morgan fingerprint density at radius 3 is 2.74 bits per heavy atom. The number of nitrogens with zero attached hydrogens (tertiary/aromatic N) is 1. The number of aldehydes is 1. The Morgan fingerprint density at radius 1 is 1.26 bits per heavy atom. The van der Waals surface area contributed by atoms with Crippen molar-refractivity contribution in [2.45, 2.75) is 20.3 Å². The minimum atomic E-state index is 0.519. The lowest BCUT2D eigenvalue weighted by Crippen LogP contribution is -1.97. The minimum absolute atomic E-state index is 0.519. The van der Waals surface area contributed by atoms with E-state index in [4.69, 9.17) is 4.74 Å². The molecule has 0 spiro atoms. The Hall–Kier alpha value is -1.68. The molecule has 0 bridgehead atoms. The van der Waals surface area contributed by atoms with Gasteiger partial charge in [0, 0.05) is 10.2 Å². The van der Waals surface area contributed by atoms with Gasteiger partial charge in [0.05, 0.1) is 11.3 Å². The molecule has 1 aromatic heterocycles. The summed E-state index contributed by atoms with van der Waals surface area (Å²) in [6, 6.07) is 9.09. The standard InChI is InChI=1S/C15H14BrNO2/c1-3-13-14(7-4-10(2)17-13)19-15-8-12(16)6-5-11(15)9-18/h4-9H,3H2,1-2H3. The zero-order valence-corrected chi connectivity index (χ0v) is 12.4. The van der Waals surface area contributed by atoms with Gasteiger partial charge in [0.1, 0.15) is 11.5 Å². The molecule has 0 unspecified atom stereocenters. The molecule has 0 aliphatic rings. The summed E-state index contributed by atoms with van der Waals surface area (Å²) in [5.74, 6) is 1.22. The van der Waals surface area contributed by atoms with Gasteiger partial charge in [-0.05, 0) is 43.7 Å². The summed E-state index contributed by atoms with van der Waals surface area (Å²) in [6.45, 7) is 3.97. The van der Waals surface area contributed by atoms with Crippen molar-refractivity contribution in [3.8, 4) is 11.5 Å². The van der Waals surface area contributed by atoms with Gasteiger partial charge in [0.25, 0.3) is 0 Å². The van der Waals surface area contributed by atoms with E-state index in [2.05, 4.69) is 20.9 Å². The van der Waals surface area contributed by atoms with Gasteiger partial charge in [-0.3, -0.25) is 9.78 Å². The Morgan fingerprint density at radius 2 is 2.05 bits per heavy atom. The van der Waals surface area contributed by atoms with Gasteiger partial charge in [-0.1, -0.05) is 22.9 Å². The van der Waals surface area contributed by atoms with E-state index in [1.807, 2.05) is 32.0 Å². The molecule has 0 saturated heterocycles. The highest BCUT2D eigenvalue weighted by Crippen LogP contribution is 2.29. The first-order chi connectivity index (χ1) is 9.13. The van der Waals surface area contributed by atoms with Gasteiger partial charge in [0.2, 0.25) is 0 Å². The first kappa shape index (κ1) is 13.7. The molecule has 1 heterocycles. The van der Waals surface area contributed by atoms with Crippen LogP contribution in [0.4, 0.5) is 0 Å². The molecule has 1 aromatic carbocycles. The van der Waals surface area contributed by atoms with Crippen LogP contribution in [0.3, 0.4) is 0 Å². The van der Waals surface area contributed by atoms with Crippen molar-refractivity contribution < 1.29 is 9.53 Å². The van der Waals surface area contributed by atoms with Gasteiger partial charge in [-0.15, -0.1) is 0 Å². The van der Waals surface area contributed by atoms with Crippen LogP contribution in [0.15, 0.2) is 34.8 Å². The largest absolute Gasteiger partial charge is 0.455 e. The van der Waals surface area contributed by atoms with E-state index in [9.17, 15) is 4.79 Å². The molecule has 2 aromatic rings. The molecule has 0 atom stereocenters. The second-order valence-electron chi connectivity index (χ2n) is 4.15. The van der Waals surface area contributed by atoms with E-state index in [0.29, 0.717) is 17.1 Å². The molecule has 0 saturated carbocycles. The quantitative estimate of drug-likeness (QED) is 0.788. The molecule has 98 valence electrons. The molecule has 0 aliphatic carbocycles. The van der Waals surface area contributed by atoms with Crippen LogP contribution in [0, 0.1) is 6.92 Å². The number of hydrogen-bond donors (Lipinski definition) is 0. The lowest BCUT2D eigenvalue weighted by molar-refractivity contribution is 0.112. The van der Waals surface area contributed by atoms with Crippen LogP contribution in [-0.4, -0.2) is 11.3 Å². The van der Waals surface area contributed by atoms with Crippen molar-refractivity contribution in [3.05, 3.63) is 51.8 Å². The predicted octanol–water partition coefficient (Wildman–Crippen LogP) is 4.32. The van der Waals surface area contributed by atoms with Crippen LogP contribution in [0.2, 0.25) is 0 Å². The lowest BCUT2D eigenvalue weighted by Gasteiger charge is -2.11. The summed E-state index contributed by atoms with van der Waals surface area (Å²) in [6.07, 6.45) is 1.57. The van der Waals surface area contributed by atoms with Crippen molar-refractivity contribution in [1.29, 1.82) is 0 Å². The van der Waals surface area contributed by atoms with Crippen LogP contribution in [0.5, 0.6) is 11.5 Å². The maximum Gasteiger partial charge on any atom is 0.153 e. The van der Waals surface area contributed by atoms with Gasteiger partial charge in [-0.25, -0.2) is 0 Å². The van der Waals surface area contributed by atoms with Crippen molar-refractivity contribution in [2.75, 3.05) is 0 Å². The van der Waals surface area contributed by atoms with Gasteiger partial charge < -0.3 is 4.74 Å². The minimum Gasteiger partial charge on any atom is -0.455 e. The number of ether oxygens (including phenoxy) is 1. The SMILES string of the molecule is CCc1nc(C)ccc1Oc1cc(Br)ccc1C=O. The van der Waals surface area contributed by atoms with Crippen LogP contribution in [0.1, 0.15) is 28.7 Å². The Balaban J connectivity index is 2.40. The third kappa shape index (κ3) is 3.20. The zero-order chi connectivity index (χ0) is 13.8. The molecule has 2 rings (SSSR count). The number of hydrogen-bond acceptors (Lipinski definition) is 3. The number of carbonyl (C=O) groups is 1. The maximum absolute atomic E-state index is 11.0. The molecular weight excluding hydrogens is 306 g/mol. The summed E-state index contributed by atoms with van der Waals surface area (Å²) >= 11 is 3.37. The topological polar surface area (TPSA) is 39.2 Å². The number of halogens is 1. The third-order valence-electron chi connectivity index (χ3n) is 2.73. The molecule has 0 N–H and O–H groups in total. The molecular formula is C15H14BrNO2. The average molecular weight is 320 g/mol. The number of benzene rings is 1. The lowest BCUT2D eigenvalue weighted by atomic mass is 10.2. The van der Waals surface area contributed by atoms with Crippen LogP contribution < -0.4 is 4.74 Å². The van der Waals surface area contributed by atoms with E-state index in [1.54, 1.807) is 12.1 Å². The normalized spacial score (nSPS) is 10.3. The summed E-state index contributed by atoms with van der Waals surface area (Å²) in [4.78, 5) is 15.5. The highest BCUT2D eigenvalue weighted by Gasteiger charge is 2.09. The van der Waals surface area contributed by atoms with Crippen molar-refractivity contribution in [1.82, 2.24) is 4.98 Å². The fourth-order valence-corrected chi connectivity index (χ4v) is 2.10. The Kier molecular flexibility index (Phi) is 4.32. The van der Waals surface area contributed by atoms with E-state index in [0.717, 1.165) is 28.6 Å². The molecule has 19 heavy (non-hydrogen) atoms. The van der Waals surface area contributed by atoms with E-state index in [-0.39, 0.29) is 0 Å². The fraction of sp³-hybridized carbons (Fsp3) is 0.200. The predicted molar refractivity (Wildman–Crippen MR) is 78.0 cm³/mol. The van der Waals surface area contributed by atoms with Crippen LogP contribution in [-0.2, 0) is 6.42 Å². The second-order valence-corrected chi connectivity index (χ2v) is 5.07. The molecule has 4 heteroatoms. The van der Waals surface area contributed by atoms with Crippen molar-refractivity contribution >= 4 is 22.2 Å². The number of carbonyl (C=O) groups excluding carboxylic acids is 1. The van der Waals surface area contributed by atoms with Gasteiger partial charge in [-0.2, -0.15) is 0 Å². The summed E-state index contributed by atoms with van der Waals surface area (Å²) < 4.78 is 6.70. The first-order valence-corrected chi connectivity index (χ1v) is 6.82. The average Bonchev–Trinajstić information content (AvgIpc) is 2.41. The number of aryl methyl sites for hydroxylation is 2. The van der Waals surface area contributed by atoms with Gasteiger partial charge >= 0.3 is 0 Å². The Labute approximate surface area is 120 Å². The summed E-state index contributed by atoms with van der Waals surface area (Å²) in [5.41, 5.74) is 2.36. The van der Waals surface area contributed by atoms with E-state index in [1.165, 1.54) is 0 Å². The summed E-state index contributed by atoms with van der Waals surface area (Å²) in [5, 5.41) is 0. The number of aromatic nitrogens is 1. The fourth-order valence-electron chi connectivity index (χ4n) is 1.76. The van der Waals surface area contributed by atoms with Crippen LogP contribution in [0.25, 0.3) is 0 Å². The van der Waals surface area contributed by atoms with E-state index >= 15 is 0 Å². The zero-order valence-electron chi connectivity index (χ0n) is 10.8. The molecule has 0 radical (unpaired) electrons. The Bertz CT molecular complexity index is 611. The number of rotatable bonds is 4. The van der Waals surface area contributed by atoms with Crippen LogP contribution >= 0.6 is 15.9 Å². The monoisotopic (exact) mass is 319 g/mol. The molecule has 0 amide bonds. The highest BCUT2D eigenvalue weighted by atomic mass is 79.9. The van der Waals surface area contributed by atoms with E-state index < -0.39 is 0 Å². The first-order valence-electron chi connectivity index (χ1n) is 6.03. The second kappa shape index (κ2) is 5.97. The molecule has 3 nitrogen and oxygen atoms in total. The highest BCUT2D eigenvalue weighted by molar-refractivity contribution is 9.10. The van der Waals surface area contributed by atoms with Gasteiger partial charge in [0.15, 0.2) is 6.29 Å². The molecule has 0 fully saturated rings. The van der Waals surface area contributed by atoms with Crippen molar-refractivity contribution in [3.63, 3.8) is 0 Å². The number of pyridine rings is 1.